The third-order valence-electron chi connectivity index (χ3n) is 9.69. The Morgan fingerprint density at radius 2 is 0.848 bits per heavy atom. The van der Waals surface area contributed by atoms with Crippen LogP contribution in [0.25, 0.3) is 28.4 Å². The van der Waals surface area contributed by atoms with Gasteiger partial charge >= 0.3 is 12.1 Å². The molecule has 32 nitrogen and oxygen atoms in total. The zero-order chi connectivity index (χ0) is 55.3. The zero-order valence-electron chi connectivity index (χ0n) is 40.3. The minimum absolute atomic E-state index is 0. The lowest BCUT2D eigenvalue weighted by Gasteiger charge is -2.07. The molecule has 0 bridgehead atoms. The van der Waals surface area contributed by atoms with E-state index in [1.807, 2.05) is 42.5 Å². The fourth-order valence-corrected chi connectivity index (χ4v) is 7.19. The molecule has 0 saturated carbocycles. The third-order valence-corrected chi connectivity index (χ3v) is 12.0. The quantitative estimate of drug-likeness (QED) is 0.0917. The molecule has 404 valence electrons. The molecule has 9 N–H and O–H groups in total. The van der Waals surface area contributed by atoms with E-state index in [1.54, 1.807) is 77.5 Å². The lowest BCUT2D eigenvalue weighted by molar-refractivity contribution is 0.0696. The summed E-state index contributed by atoms with van der Waals surface area (Å²) < 4.78 is 56.3. The molecule has 6 aromatic carbocycles. The molecular formula is C44H41ClN24O8S2. The molecule has 5 aromatic heterocycles. The van der Waals surface area contributed by atoms with Gasteiger partial charge in [-0.1, -0.05) is 30.3 Å². The van der Waals surface area contributed by atoms with Crippen LogP contribution < -0.4 is 22.3 Å². The van der Waals surface area contributed by atoms with E-state index in [0.29, 0.717) is 17.1 Å². The number of rotatable bonds is 11. The van der Waals surface area contributed by atoms with Crippen molar-refractivity contribution in [1.29, 1.82) is 0 Å². The van der Waals surface area contributed by atoms with Crippen molar-refractivity contribution in [3.8, 4) is 28.4 Å². The first kappa shape index (κ1) is 57.6. The van der Waals surface area contributed by atoms with Crippen LogP contribution in [0.3, 0.4) is 0 Å². The van der Waals surface area contributed by atoms with Gasteiger partial charge in [0.1, 0.15) is 38.2 Å². The Bertz CT molecular complexity index is 3670. The Morgan fingerprint density at radius 3 is 1.18 bits per heavy atom. The van der Waals surface area contributed by atoms with Crippen molar-refractivity contribution >= 4 is 53.2 Å². The maximum atomic E-state index is 11.7. The average Bonchev–Trinajstić information content (AvgIpc) is 4.34. The average molecular weight is 1130 g/mol. The van der Waals surface area contributed by atoms with Crippen LogP contribution in [0, 0.1) is 0 Å². The van der Waals surface area contributed by atoms with Gasteiger partial charge in [-0.2, -0.15) is 0 Å². The van der Waals surface area contributed by atoms with Crippen LogP contribution in [0.15, 0.2) is 193 Å². The van der Waals surface area contributed by atoms with E-state index in [1.165, 1.54) is 86.8 Å². The molecule has 0 aliphatic heterocycles. The van der Waals surface area contributed by atoms with Gasteiger partial charge in [-0.25, -0.2) is 55.0 Å². The number of hydrogen-bond acceptors (Lipinski definition) is 24. The van der Waals surface area contributed by atoms with E-state index < -0.39 is 31.1 Å². The summed E-state index contributed by atoms with van der Waals surface area (Å²) >= 11 is 0. The molecule has 11 aromatic rings. The summed E-state index contributed by atoms with van der Waals surface area (Å²) in [6, 6.07) is 42.0. The Labute approximate surface area is 450 Å². The standard InChI is InChI=1S/C15H13N5O2.C8H6N4O2.C7H5ClN4O2S.C7H7N5O2S.C7H7N5.H3N/c21-15(22-10-12-4-2-1-3-5-12)17-13-6-8-14(9-7-13)20-11-16-18-19-20;13-8(14)6-1-3-7(4-2-6)12-5-9-10-11-12;2*8-15(13,14)7-3-1-6(2-4-7)12-5-9-10-11-12;8-6-1-3-7(4-2-6)12-5-9-10-11-12;/h1-9,11H,10H2,(H,17,21);1-5H,(H,13,14);1-5H;1-5H,(H2,8,13,14);1-5H,8H2;1H3. The fourth-order valence-electron chi connectivity index (χ4n) is 5.91. The lowest BCUT2D eigenvalue weighted by Crippen LogP contribution is -2.13. The molecule has 0 saturated heterocycles. The maximum absolute atomic E-state index is 11.7. The Balaban J connectivity index is 0.000000162. The van der Waals surface area contributed by atoms with Gasteiger partial charge < -0.3 is 21.7 Å². The number of sulfonamides is 1. The van der Waals surface area contributed by atoms with Gasteiger partial charge in [0.05, 0.1) is 43.8 Å². The monoisotopic (exact) mass is 1130 g/mol. The summed E-state index contributed by atoms with van der Waals surface area (Å²) in [5, 5.41) is 69.7. The summed E-state index contributed by atoms with van der Waals surface area (Å²) in [5.74, 6) is -0.951. The number of benzene rings is 6. The molecule has 0 aliphatic rings. The Hall–Kier alpha value is -10.7. The summed E-state index contributed by atoms with van der Waals surface area (Å²) in [7, 11) is -2.17. The Morgan fingerprint density at radius 1 is 0.506 bits per heavy atom. The van der Waals surface area contributed by atoms with E-state index in [4.69, 9.17) is 31.4 Å². The van der Waals surface area contributed by atoms with Gasteiger partial charge in [0.25, 0.3) is 9.05 Å². The first-order chi connectivity index (χ1) is 37.6. The Kier molecular flexibility index (Phi) is 20.2. The van der Waals surface area contributed by atoms with Gasteiger partial charge in [-0.05, 0) is 179 Å². The number of carboxylic acids is 1. The summed E-state index contributed by atoms with van der Waals surface area (Å²) in [6.45, 7) is 0.232. The van der Waals surface area contributed by atoms with Crippen molar-refractivity contribution in [3.05, 3.63) is 194 Å². The smallest absolute Gasteiger partial charge is 0.411 e. The highest BCUT2D eigenvalue weighted by Crippen LogP contribution is 2.17. The summed E-state index contributed by atoms with van der Waals surface area (Å²) in [4.78, 5) is 22.4. The van der Waals surface area contributed by atoms with Gasteiger partial charge in [0, 0.05) is 22.1 Å². The van der Waals surface area contributed by atoms with Crippen LogP contribution in [0.1, 0.15) is 15.9 Å². The van der Waals surface area contributed by atoms with Gasteiger partial charge in [-0.15, -0.1) is 25.5 Å². The topological polar surface area (TPSA) is 449 Å². The second-order valence-electron chi connectivity index (χ2n) is 14.9. The minimum Gasteiger partial charge on any atom is -0.478 e. The number of aromatic nitrogens is 20. The number of halogens is 1. The molecule has 79 heavy (non-hydrogen) atoms. The summed E-state index contributed by atoms with van der Waals surface area (Å²) in [5.41, 5.74) is 11.8. The zero-order valence-corrected chi connectivity index (χ0v) is 42.7. The number of amides is 1. The number of nitrogens with one attached hydrogen (secondary N) is 1. The SMILES string of the molecule is N.NS(=O)(=O)c1ccc(-n2cnnn2)cc1.Nc1ccc(-n2cnnn2)cc1.O=C(Nc1ccc(-n2cnnn2)cc1)OCc1ccccc1.O=C(O)c1ccc(-n2cnnn2)cc1.O=S(=O)(Cl)c1ccc(-n2cnnn2)cc1. The second kappa shape index (κ2) is 27.7. The van der Waals surface area contributed by atoms with Crippen LogP contribution in [-0.4, -0.2) is 135 Å². The molecule has 35 heteroatoms. The summed E-state index contributed by atoms with van der Waals surface area (Å²) in [6.07, 6.45) is 6.78. The van der Waals surface area contributed by atoms with Crippen LogP contribution in [0.2, 0.25) is 0 Å². The highest BCUT2D eigenvalue weighted by Gasteiger charge is 2.11. The van der Waals surface area contributed by atoms with Crippen molar-refractivity contribution in [3.63, 3.8) is 0 Å². The van der Waals surface area contributed by atoms with E-state index >= 15 is 0 Å². The van der Waals surface area contributed by atoms with E-state index in [0.717, 1.165) is 28.3 Å². The molecule has 0 unspecified atom stereocenters. The first-order valence-corrected chi connectivity index (χ1v) is 25.6. The molecule has 0 fully saturated rings. The number of carbonyl (C=O) groups is 2. The van der Waals surface area contributed by atoms with Crippen LogP contribution in [0.4, 0.5) is 16.2 Å². The fraction of sp³-hybridized carbons (Fsp3) is 0.0227. The number of anilines is 2. The van der Waals surface area contributed by atoms with Crippen molar-refractivity contribution in [1.82, 2.24) is 107 Å². The molecule has 5 heterocycles. The van der Waals surface area contributed by atoms with E-state index in [9.17, 15) is 26.4 Å². The van der Waals surface area contributed by atoms with Crippen molar-refractivity contribution in [2.24, 2.45) is 5.14 Å². The highest BCUT2D eigenvalue weighted by molar-refractivity contribution is 8.13. The highest BCUT2D eigenvalue weighted by atomic mass is 35.7. The number of nitrogen functional groups attached to an aromatic ring is 1. The number of carbonyl (C=O) groups excluding carboxylic acids is 1. The molecule has 11 rings (SSSR count). The van der Waals surface area contributed by atoms with Crippen LogP contribution >= 0.6 is 10.7 Å². The number of tetrazole rings is 5. The first-order valence-electron chi connectivity index (χ1n) is 21.7. The number of hydrogen-bond donors (Lipinski definition) is 5. The number of ether oxygens (including phenoxy) is 1. The predicted octanol–water partition coefficient (Wildman–Crippen LogP) is 3.08. The van der Waals surface area contributed by atoms with Crippen LogP contribution in [0.5, 0.6) is 0 Å². The van der Waals surface area contributed by atoms with Crippen LogP contribution in [-0.2, 0) is 30.4 Å². The number of nitrogens with zero attached hydrogens (tertiary/aromatic N) is 20. The van der Waals surface area contributed by atoms with Gasteiger partial charge in [0.15, 0.2) is 0 Å². The van der Waals surface area contributed by atoms with E-state index in [-0.39, 0.29) is 28.1 Å². The van der Waals surface area contributed by atoms with Crippen molar-refractivity contribution in [2.75, 3.05) is 11.1 Å². The normalized spacial score (nSPS) is 10.5. The van der Waals surface area contributed by atoms with Gasteiger partial charge in [-0.3, -0.25) is 5.32 Å². The second-order valence-corrected chi connectivity index (χ2v) is 19.0. The molecular weight excluding hydrogens is 1090 g/mol. The largest absolute Gasteiger partial charge is 0.478 e. The minimum atomic E-state index is -3.68. The number of primary sulfonamides is 1. The van der Waals surface area contributed by atoms with Gasteiger partial charge in [0.2, 0.25) is 10.0 Å². The maximum Gasteiger partial charge on any atom is 0.411 e. The molecule has 0 spiro atoms. The number of aromatic carboxylic acids is 1. The van der Waals surface area contributed by atoms with Crippen molar-refractivity contribution in [2.45, 2.75) is 16.4 Å². The molecule has 0 atom stereocenters. The predicted molar refractivity (Wildman–Crippen MR) is 277 cm³/mol. The number of carboxylic acid groups (broad SMARTS) is 1. The molecule has 0 radical (unpaired) electrons. The van der Waals surface area contributed by atoms with E-state index in [2.05, 4.69) is 82.9 Å². The third kappa shape index (κ3) is 17.7. The van der Waals surface area contributed by atoms with Crippen molar-refractivity contribution < 1.29 is 36.3 Å². The molecule has 1 amide bonds. The lowest BCUT2D eigenvalue weighted by atomic mass is 10.2. The molecule has 0 aliphatic carbocycles. The number of nitrogens with two attached hydrogens (primary N) is 2.